The van der Waals surface area contributed by atoms with Gasteiger partial charge in [-0.15, -0.1) is 0 Å². The lowest BCUT2D eigenvalue weighted by molar-refractivity contribution is 0.174. The summed E-state index contributed by atoms with van der Waals surface area (Å²) in [6, 6.07) is 15.2. The average Bonchev–Trinajstić information content (AvgIpc) is 2.75. The van der Waals surface area contributed by atoms with Gasteiger partial charge in [-0.3, -0.25) is 0 Å². The monoisotopic (exact) mass is 211 g/mol. The minimum atomic E-state index is 0.318. The number of hydrogen-bond acceptors (Lipinski definition) is 2. The van der Waals surface area contributed by atoms with Crippen LogP contribution in [0.1, 0.15) is 5.56 Å². The molecule has 0 fully saturated rings. The highest BCUT2D eigenvalue weighted by molar-refractivity contribution is 5.67. The standard InChI is InChI=1S/C14H11O2/c1-10-3-2-4-11(7-10)12-5-6-13-14(8-12)16-9-15-13/h3-8H,9H2,1H3. The van der Waals surface area contributed by atoms with Gasteiger partial charge in [0.25, 0.3) is 0 Å². The van der Waals surface area contributed by atoms with Crippen molar-refractivity contribution in [3.63, 3.8) is 0 Å². The normalized spacial score (nSPS) is 12.8. The highest BCUT2D eigenvalue weighted by Gasteiger charge is 2.13. The fourth-order valence-electron chi connectivity index (χ4n) is 1.83. The van der Waals surface area contributed by atoms with E-state index in [0.29, 0.717) is 6.79 Å². The van der Waals surface area contributed by atoms with Crippen LogP contribution < -0.4 is 9.47 Å². The molecule has 0 saturated carbocycles. The van der Waals surface area contributed by atoms with Crippen molar-refractivity contribution in [2.75, 3.05) is 6.79 Å². The van der Waals surface area contributed by atoms with Crippen LogP contribution in [0, 0.1) is 13.0 Å². The molecule has 2 nitrogen and oxygen atoms in total. The van der Waals surface area contributed by atoms with Crippen molar-refractivity contribution in [1.29, 1.82) is 0 Å². The van der Waals surface area contributed by atoms with Gasteiger partial charge in [0, 0.05) is 0 Å². The molecular formula is C14H11O2. The van der Waals surface area contributed by atoms with Gasteiger partial charge in [-0.25, -0.2) is 0 Å². The second-order valence-electron chi connectivity index (χ2n) is 3.87. The molecule has 2 aromatic rings. The highest BCUT2D eigenvalue weighted by atomic mass is 16.7. The molecule has 1 aliphatic rings. The molecule has 0 atom stereocenters. The summed E-state index contributed by atoms with van der Waals surface area (Å²) in [4.78, 5) is 0. The van der Waals surface area contributed by atoms with Crippen LogP contribution >= 0.6 is 0 Å². The molecule has 1 aliphatic heterocycles. The van der Waals surface area contributed by atoms with Crippen molar-refractivity contribution in [2.24, 2.45) is 0 Å². The van der Waals surface area contributed by atoms with E-state index in [9.17, 15) is 0 Å². The first-order valence-corrected chi connectivity index (χ1v) is 5.21. The molecule has 16 heavy (non-hydrogen) atoms. The van der Waals surface area contributed by atoms with Gasteiger partial charge in [0.05, 0.1) is 0 Å². The third-order valence-corrected chi connectivity index (χ3v) is 2.64. The Morgan fingerprint density at radius 3 is 2.75 bits per heavy atom. The Hall–Kier alpha value is -1.96. The zero-order valence-electron chi connectivity index (χ0n) is 8.99. The van der Waals surface area contributed by atoms with Crippen LogP contribution in [-0.2, 0) is 0 Å². The Kier molecular flexibility index (Phi) is 2.07. The fourth-order valence-corrected chi connectivity index (χ4v) is 1.83. The Bertz CT molecular complexity index is 532. The van der Waals surface area contributed by atoms with Gasteiger partial charge >= 0.3 is 0 Å². The molecular weight excluding hydrogens is 200 g/mol. The lowest BCUT2D eigenvalue weighted by Gasteiger charge is -2.04. The smallest absolute Gasteiger partial charge is 0.231 e. The van der Waals surface area contributed by atoms with Gasteiger partial charge in [0.1, 0.15) is 0 Å². The molecule has 2 aromatic carbocycles. The fraction of sp³-hybridized carbons (Fsp3) is 0.143. The third kappa shape index (κ3) is 1.52. The molecule has 79 valence electrons. The van der Waals surface area contributed by atoms with Crippen molar-refractivity contribution >= 4 is 0 Å². The predicted molar refractivity (Wildman–Crippen MR) is 61.6 cm³/mol. The number of hydrogen-bond donors (Lipinski definition) is 0. The summed E-state index contributed by atoms with van der Waals surface area (Å²) in [5.74, 6) is 1.64. The number of ether oxygens (including phenoxy) is 2. The van der Waals surface area contributed by atoms with Crippen molar-refractivity contribution < 1.29 is 9.47 Å². The number of fused-ring (bicyclic) bond motifs is 1. The van der Waals surface area contributed by atoms with Gasteiger partial charge in [0.15, 0.2) is 11.5 Å². The quantitative estimate of drug-likeness (QED) is 0.721. The van der Waals surface area contributed by atoms with E-state index in [2.05, 4.69) is 19.1 Å². The van der Waals surface area contributed by atoms with Crippen molar-refractivity contribution in [2.45, 2.75) is 6.92 Å². The molecule has 2 heteroatoms. The van der Waals surface area contributed by atoms with Crippen LogP contribution in [-0.4, -0.2) is 6.79 Å². The topological polar surface area (TPSA) is 18.5 Å². The maximum atomic E-state index is 5.36. The summed E-state index contributed by atoms with van der Waals surface area (Å²) in [6.45, 7) is 2.38. The summed E-state index contributed by atoms with van der Waals surface area (Å²) in [7, 11) is 0. The van der Waals surface area contributed by atoms with Crippen LogP contribution in [0.25, 0.3) is 11.1 Å². The van der Waals surface area contributed by atoms with E-state index < -0.39 is 0 Å². The van der Waals surface area contributed by atoms with Gasteiger partial charge in [-0.05, 0) is 47.9 Å². The summed E-state index contributed by atoms with van der Waals surface area (Å²) >= 11 is 0. The van der Waals surface area contributed by atoms with Gasteiger partial charge in [-0.1, -0.05) is 18.2 Å². The van der Waals surface area contributed by atoms with E-state index in [1.807, 2.05) is 30.3 Å². The first-order chi connectivity index (χ1) is 7.83. The van der Waals surface area contributed by atoms with E-state index in [1.165, 1.54) is 5.56 Å². The van der Waals surface area contributed by atoms with Crippen molar-refractivity contribution in [1.82, 2.24) is 0 Å². The molecule has 1 heterocycles. The van der Waals surface area contributed by atoms with Crippen LogP contribution in [0.2, 0.25) is 0 Å². The zero-order chi connectivity index (χ0) is 11.0. The Balaban J connectivity index is 2.07. The van der Waals surface area contributed by atoms with E-state index >= 15 is 0 Å². The van der Waals surface area contributed by atoms with Crippen molar-refractivity contribution in [3.05, 3.63) is 48.0 Å². The second kappa shape index (κ2) is 3.56. The van der Waals surface area contributed by atoms with Crippen LogP contribution in [0.3, 0.4) is 0 Å². The Morgan fingerprint density at radius 1 is 1.00 bits per heavy atom. The Morgan fingerprint density at radius 2 is 1.88 bits per heavy atom. The molecule has 0 bridgehead atoms. The Labute approximate surface area is 94.4 Å². The van der Waals surface area contributed by atoms with Crippen LogP contribution in [0.4, 0.5) is 0 Å². The minimum Gasteiger partial charge on any atom is -0.454 e. The second-order valence-corrected chi connectivity index (χ2v) is 3.87. The maximum absolute atomic E-state index is 5.36. The number of aryl methyl sites for hydroxylation is 1. The lowest BCUT2D eigenvalue weighted by atomic mass is 10.0. The zero-order valence-corrected chi connectivity index (χ0v) is 8.99. The van der Waals surface area contributed by atoms with Crippen LogP contribution in [0.5, 0.6) is 11.5 Å². The predicted octanol–water partition coefficient (Wildman–Crippen LogP) is 3.19. The summed E-state index contributed by atoms with van der Waals surface area (Å²) in [5.41, 5.74) is 3.48. The number of rotatable bonds is 1. The first kappa shape index (κ1) is 9.28. The molecule has 3 rings (SSSR count). The van der Waals surface area contributed by atoms with Gasteiger partial charge < -0.3 is 9.47 Å². The molecule has 0 amide bonds. The molecule has 0 spiro atoms. The van der Waals surface area contributed by atoms with E-state index in [4.69, 9.17) is 9.47 Å². The third-order valence-electron chi connectivity index (χ3n) is 2.64. The average molecular weight is 211 g/mol. The largest absolute Gasteiger partial charge is 0.454 e. The maximum Gasteiger partial charge on any atom is 0.231 e. The van der Waals surface area contributed by atoms with Gasteiger partial charge in [0.2, 0.25) is 6.79 Å². The first-order valence-electron chi connectivity index (χ1n) is 5.21. The molecule has 0 N–H and O–H groups in total. The molecule has 0 aromatic heterocycles. The molecule has 0 unspecified atom stereocenters. The minimum absolute atomic E-state index is 0.318. The SMILES string of the molecule is Cc1c[c]cc(-c2ccc3c(c2)OCO3)c1. The molecule has 0 saturated heterocycles. The van der Waals surface area contributed by atoms with E-state index in [0.717, 1.165) is 22.6 Å². The molecule has 1 radical (unpaired) electrons. The van der Waals surface area contributed by atoms with Gasteiger partial charge in [-0.2, -0.15) is 0 Å². The van der Waals surface area contributed by atoms with Crippen molar-refractivity contribution in [3.8, 4) is 22.6 Å². The summed E-state index contributed by atoms with van der Waals surface area (Å²) < 4.78 is 10.6. The lowest BCUT2D eigenvalue weighted by Crippen LogP contribution is -1.92. The summed E-state index contributed by atoms with van der Waals surface area (Å²) in [6.07, 6.45) is 0. The number of benzene rings is 2. The van der Waals surface area contributed by atoms with Crippen LogP contribution in [0.15, 0.2) is 36.4 Å². The summed E-state index contributed by atoms with van der Waals surface area (Å²) in [5, 5.41) is 0. The molecule has 0 aliphatic carbocycles. The van der Waals surface area contributed by atoms with E-state index in [1.54, 1.807) is 0 Å². The highest BCUT2D eigenvalue weighted by Crippen LogP contribution is 2.35. The van der Waals surface area contributed by atoms with E-state index in [-0.39, 0.29) is 0 Å².